The van der Waals surface area contributed by atoms with Crippen LogP contribution in [-0.2, 0) is 29.1 Å². The van der Waals surface area contributed by atoms with Crippen LogP contribution in [0, 0.1) is 11.6 Å². The van der Waals surface area contributed by atoms with E-state index in [9.17, 15) is 22.3 Å². The molecule has 2 aromatic carbocycles. The van der Waals surface area contributed by atoms with Crippen molar-refractivity contribution in [1.29, 1.82) is 0 Å². The summed E-state index contributed by atoms with van der Waals surface area (Å²) < 4.78 is 55.8. The Morgan fingerprint density at radius 1 is 1.12 bits per heavy atom. The summed E-state index contributed by atoms with van der Waals surface area (Å²) >= 11 is -2.68. The second-order valence-electron chi connectivity index (χ2n) is 4.90. The highest BCUT2D eigenvalue weighted by atomic mass is 32.2. The SMILES string of the molecule is COC(=O)c1ccc(CN(Cc2ccccc2F)S(=O)[O-])c(F)c1. The number of hydrogen-bond donors (Lipinski definition) is 0. The van der Waals surface area contributed by atoms with Crippen LogP contribution in [0.15, 0.2) is 42.5 Å². The number of methoxy groups -OCH3 is 1. The van der Waals surface area contributed by atoms with Gasteiger partial charge in [-0.3, -0.25) is 4.21 Å². The zero-order chi connectivity index (χ0) is 17.7. The first kappa shape index (κ1) is 18.2. The average molecular weight is 354 g/mol. The molecule has 0 saturated heterocycles. The third-order valence-corrected chi connectivity index (χ3v) is 4.02. The van der Waals surface area contributed by atoms with Gasteiger partial charge in [0, 0.05) is 35.5 Å². The highest BCUT2D eigenvalue weighted by Gasteiger charge is 2.15. The first-order valence-corrected chi connectivity index (χ1v) is 7.90. The molecular weight excluding hydrogens is 340 g/mol. The molecule has 0 spiro atoms. The van der Waals surface area contributed by atoms with Gasteiger partial charge in [-0.1, -0.05) is 24.3 Å². The summed E-state index contributed by atoms with van der Waals surface area (Å²) in [5, 5.41) is 0. The largest absolute Gasteiger partial charge is 0.760 e. The van der Waals surface area contributed by atoms with Gasteiger partial charge in [0.2, 0.25) is 0 Å². The zero-order valence-electron chi connectivity index (χ0n) is 12.7. The molecule has 0 amide bonds. The summed E-state index contributed by atoms with van der Waals surface area (Å²) in [6, 6.07) is 9.33. The average Bonchev–Trinajstić information content (AvgIpc) is 2.56. The monoisotopic (exact) mass is 354 g/mol. The van der Waals surface area contributed by atoms with Gasteiger partial charge in [0.25, 0.3) is 0 Å². The number of rotatable bonds is 6. The molecule has 0 aliphatic carbocycles. The maximum Gasteiger partial charge on any atom is 0.337 e. The molecule has 0 heterocycles. The molecule has 1 unspecified atom stereocenters. The molecule has 0 radical (unpaired) electrons. The Morgan fingerprint density at radius 3 is 2.29 bits per heavy atom. The minimum absolute atomic E-state index is 0.0163. The number of carbonyl (C=O) groups excluding carboxylic acids is 1. The normalized spacial score (nSPS) is 12.2. The van der Waals surface area contributed by atoms with Gasteiger partial charge >= 0.3 is 5.97 Å². The lowest BCUT2D eigenvalue weighted by Gasteiger charge is -2.24. The van der Waals surface area contributed by atoms with Gasteiger partial charge in [-0.05, 0) is 18.2 Å². The smallest absolute Gasteiger partial charge is 0.337 e. The molecule has 0 aromatic heterocycles. The van der Waals surface area contributed by atoms with Gasteiger partial charge in [-0.2, -0.15) is 0 Å². The van der Waals surface area contributed by atoms with Gasteiger partial charge in [0.15, 0.2) is 0 Å². The van der Waals surface area contributed by atoms with Gasteiger partial charge in [-0.15, -0.1) is 0 Å². The summed E-state index contributed by atoms with van der Waals surface area (Å²) in [6.07, 6.45) is 0. The first-order chi connectivity index (χ1) is 11.4. The van der Waals surface area contributed by atoms with E-state index in [4.69, 9.17) is 0 Å². The van der Waals surface area contributed by atoms with Crippen molar-refractivity contribution in [2.45, 2.75) is 13.1 Å². The molecule has 2 aromatic rings. The molecule has 1 atom stereocenters. The number of nitrogens with zero attached hydrogens (tertiary/aromatic N) is 1. The van der Waals surface area contributed by atoms with Gasteiger partial charge in [0.1, 0.15) is 11.6 Å². The van der Waals surface area contributed by atoms with Crippen molar-refractivity contribution in [3.63, 3.8) is 0 Å². The molecule has 24 heavy (non-hydrogen) atoms. The Labute approximate surface area is 140 Å². The third kappa shape index (κ3) is 4.44. The van der Waals surface area contributed by atoms with E-state index >= 15 is 0 Å². The zero-order valence-corrected chi connectivity index (χ0v) is 13.5. The van der Waals surface area contributed by atoms with Crippen molar-refractivity contribution in [2.24, 2.45) is 0 Å². The van der Waals surface area contributed by atoms with Crippen molar-refractivity contribution < 1.29 is 27.1 Å². The van der Waals surface area contributed by atoms with E-state index in [-0.39, 0.29) is 29.8 Å². The predicted molar refractivity (Wildman–Crippen MR) is 82.3 cm³/mol. The first-order valence-electron chi connectivity index (χ1n) is 6.87. The standard InChI is InChI=1S/C16H15F2NO4S/c1-23-16(20)11-6-7-13(15(18)8-11)10-19(24(21)22)9-12-4-2-3-5-14(12)17/h2-8H,9-10H2,1H3,(H,21,22)/p-1. The maximum atomic E-state index is 14.1. The van der Waals surface area contributed by atoms with E-state index in [1.807, 2.05) is 0 Å². The topological polar surface area (TPSA) is 69.7 Å². The van der Waals surface area contributed by atoms with E-state index in [1.54, 1.807) is 6.07 Å². The Hall–Kier alpha value is -2.16. The van der Waals surface area contributed by atoms with Crippen LogP contribution in [0.2, 0.25) is 0 Å². The van der Waals surface area contributed by atoms with Crippen LogP contribution in [0.4, 0.5) is 8.78 Å². The number of carbonyl (C=O) groups is 1. The summed E-state index contributed by atoms with van der Waals surface area (Å²) in [7, 11) is 1.17. The molecule has 0 bridgehead atoms. The fourth-order valence-corrected chi connectivity index (χ4v) is 2.58. The Balaban J connectivity index is 2.21. The molecule has 0 N–H and O–H groups in total. The van der Waals surface area contributed by atoms with Crippen molar-refractivity contribution in [2.75, 3.05) is 7.11 Å². The van der Waals surface area contributed by atoms with E-state index in [2.05, 4.69) is 4.74 Å². The van der Waals surface area contributed by atoms with Crippen LogP contribution in [0.25, 0.3) is 0 Å². The highest BCUT2D eigenvalue weighted by molar-refractivity contribution is 7.76. The minimum atomic E-state index is -2.68. The fourth-order valence-electron chi connectivity index (χ4n) is 2.09. The van der Waals surface area contributed by atoms with Crippen molar-refractivity contribution in [3.8, 4) is 0 Å². The van der Waals surface area contributed by atoms with Crippen molar-refractivity contribution in [3.05, 3.63) is 70.8 Å². The molecule has 8 heteroatoms. The predicted octanol–water partition coefficient (Wildman–Crippen LogP) is 2.55. The number of hydrogen-bond acceptors (Lipinski definition) is 4. The minimum Gasteiger partial charge on any atom is -0.760 e. The molecule has 128 valence electrons. The highest BCUT2D eigenvalue weighted by Crippen LogP contribution is 2.17. The van der Waals surface area contributed by atoms with E-state index in [0.29, 0.717) is 0 Å². The molecule has 0 aliphatic rings. The number of ether oxygens (including phenoxy) is 1. The Bertz CT molecular complexity index is 769. The van der Waals surface area contributed by atoms with Crippen LogP contribution >= 0.6 is 0 Å². The van der Waals surface area contributed by atoms with Crippen LogP contribution in [-0.4, -0.2) is 26.1 Å². The van der Waals surface area contributed by atoms with Gasteiger partial charge in [-0.25, -0.2) is 17.9 Å². The van der Waals surface area contributed by atoms with Crippen molar-refractivity contribution in [1.82, 2.24) is 4.31 Å². The molecule has 5 nitrogen and oxygen atoms in total. The van der Waals surface area contributed by atoms with Crippen LogP contribution in [0.3, 0.4) is 0 Å². The Kier molecular flexibility index (Phi) is 6.13. The molecule has 2 rings (SSSR count). The molecule has 0 aliphatic heterocycles. The van der Waals surface area contributed by atoms with Crippen LogP contribution in [0.1, 0.15) is 21.5 Å². The number of benzene rings is 2. The third-order valence-electron chi connectivity index (χ3n) is 3.34. The second kappa shape index (κ2) is 8.09. The lowest BCUT2D eigenvalue weighted by atomic mass is 10.1. The summed E-state index contributed by atoms with van der Waals surface area (Å²) in [6.45, 7) is -0.529. The fraction of sp³-hybridized carbons (Fsp3) is 0.188. The maximum absolute atomic E-state index is 14.1. The van der Waals surface area contributed by atoms with Crippen molar-refractivity contribution >= 4 is 17.2 Å². The van der Waals surface area contributed by atoms with Crippen LogP contribution < -0.4 is 0 Å². The summed E-state index contributed by atoms with van der Waals surface area (Å²) in [5.74, 6) is -1.99. The molecule has 0 saturated carbocycles. The molecule has 0 fully saturated rings. The second-order valence-corrected chi connectivity index (χ2v) is 5.85. The van der Waals surface area contributed by atoms with E-state index in [0.717, 1.165) is 10.4 Å². The summed E-state index contributed by atoms with van der Waals surface area (Å²) in [5.41, 5.74) is 0.249. The lowest BCUT2D eigenvalue weighted by Crippen LogP contribution is -2.26. The number of halogens is 2. The Morgan fingerprint density at radius 2 is 1.75 bits per heavy atom. The van der Waals surface area contributed by atoms with Gasteiger partial charge < -0.3 is 9.29 Å². The van der Waals surface area contributed by atoms with Gasteiger partial charge in [0.05, 0.1) is 12.7 Å². The quantitative estimate of drug-likeness (QED) is 0.590. The lowest BCUT2D eigenvalue weighted by molar-refractivity contribution is 0.0600. The van der Waals surface area contributed by atoms with E-state index < -0.39 is 28.9 Å². The van der Waals surface area contributed by atoms with Crippen LogP contribution in [0.5, 0.6) is 0 Å². The number of esters is 1. The molecular formula is C16H14F2NO4S-. The van der Waals surface area contributed by atoms with E-state index in [1.165, 1.54) is 37.4 Å². The summed E-state index contributed by atoms with van der Waals surface area (Å²) in [4.78, 5) is 11.3.